The summed E-state index contributed by atoms with van der Waals surface area (Å²) in [7, 11) is 0. The molecular formula is C13H12BrFN2OS. The Morgan fingerprint density at radius 2 is 2.26 bits per heavy atom. The average Bonchev–Trinajstić information content (AvgIpc) is 2.84. The fraction of sp³-hybridized carbons (Fsp3) is 0.231. The standard InChI is InChI=1S/C13H12BrFN2OS/c14-13-8(2-1-3-9(13)15)6-11(18)10-7-19-12(17-10)4-5-16/h1-3,7H,4-6,16H2. The van der Waals surface area contributed by atoms with Crippen LogP contribution < -0.4 is 5.73 Å². The van der Waals surface area contributed by atoms with Crippen LogP contribution in [0.4, 0.5) is 4.39 Å². The van der Waals surface area contributed by atoms with E-state index >= 15 is 0 Å². The third kappa shape index (κ3) is 3.46. The lowest BCUT2D eigenvalue weighted by Crippen LogP contribution is -2.06. The summed E-state index contributed by atoms with van der Waals surface area (Å²) in [6, 6.07) is 4.65. The first-order valence-electron chi connectivity index (χ1n) is 5.72. The van der Waals surface area contributed by atoms with Crippen LogP contribution in [0, 0.1) is 5.82 Å². The van der Waals surface area contributed by atoms with Gasteiger partial charge < -0.3 is 5.73 Å². The molecule has 0 spiro atoms. The smallest absolute Gasteiger partial charge is 0.186 e. The summed E-state index contributed by atoms with van der Waals surface area (Å²) in [5.41, 5.74) is 6.48. The van der Waals surface area contributed by atoms with Gasteiger partial charge in [0.05, 0.1) is 9.48 Å². The molecule has 6 heteroatoms. The maximum atomic E-state index is 13.4. The minimum Gasteiger partial charge on any atom is -0.330 e. The Morgan fingerprint density at radius 1 is 1.47 bits per heavy atom. The summed E-state index contributed by atoms with van der Waals surface area (Å²) in [6.45, 7) is 0.511. The van der Waals surface area contributed by atoms with E-state index in [1.165, 1.54) is 17.4 Å². The highest BCUT2D eigenvalue weighted by molar-refractivity contribution is 9.10. The molecule has 19 heavy (non-hydrogen) atoms. The first kappa shape index (κ1) is 14.3. The van der Waals surface area contributed by atoms with Crippen molar-refractivity contribution in [3.05, 3.63) is 50.1 Å². The topological polar surface area (TPSA) is 56.0 Å². The van der Waals surface area contributed by atoms with Gasteiger partial charge in [0.1, 0.15) is 11.5 Å². The van der Waals surface area contributed by atoms with Crippen molar-refractivity contribution in [3.63, 3.8) is 0 Å². The summed E-state index contributed by atoms with van der Waals surface area (Å²) in [5, 5.41) is 2.57. The number of nitrogens with two attached hydrogens (primary N) is 1. The van der Waals surface area contributed by atoms with Crippen LogP contribution in [0.15, 0.2) is 28.1 Å². The molecular weight excluding hydrogens is 331 g/mol. The zero-order chi connectivity index (χ0) is 13.8. The molecule has 0 radical (unpaired) electrons. The first-order chi connectivity index (χ1) is 9.11. The molecule has 0 unspecified atom stereocenters. The molecule has 0 amide bonds. The average molecular weight is 343 g/mol. The van der Waals surface area contributed by atoms with Gasteiger partial charge in [0.25, 0.3) is 0 Å². The number of carbonyl (C=O) groups excluding carboxylic acids is 1. The van der Waals surface area contributed by atoms with E-state index in [4.69, 9.17) is 5.73 Å². The maximum absolute atomic E-state index is 13.4. The lowest BCUT2D eigenvalue weighted by molar-refractivity contribution is 0.0988. The molecule has 1 heterocycles. The molecule has 0 bridgehead atoms. The van der Waals surface area contributed by atoms with E-state index < -0.39 is 0 Å². The van der Waals surface area contributed by atoms with Gasteiger partial charge in [-0.25, -0.2) is 9.37 Å². The summed E-state index contributed by atoms with van der Waals surface area (Å²) >= 11 is 4.57. The zero-order valence-electron chi connectivity index (χ0n) is 10.0. The number of nitrogens with zero attached hydrogens (tertiary/aromatic N) is 1. The van der Waals surface area contributed by atoms with E-state index in [1.54, 1.807) is 17.5 Å². The van der Waals surface area contributed by atoms with Crippen LogP contribution in [-0.2, 0) is 12.8 Å². The van der Waals surface area contributed by atoms with Crippen LogP contribution in [-0.4, -0.2) is 17.3 Å². The Hall–Kier alpha value is -1.11. The quantitative estimate of drug-likeness (QED) is 0.850. The van der Waals surface area contributed by atoms with Crippen LogP contribution in [0.2, 0.25) is 0 Å². The van der Waals surface area contributed by atoms with Gasteiger partial charge >= 0.3 is 0 Å². The first-order valence-corrected chi connectivity index (χ1v) is 7.39. The number of Topliss-reactive ketones (excluding diaryl/α,β-unsaturated/α-hetero) is 1. The number of hydrogen-bond acceptors (Lipinski definition) is 4. The Labute approximate surface area is 122 Å². The molecule has 1 aromatic heterocycles. The van der Waals surface area contributed by atoms with E-state index in [9.17, 15) is 9.18 Å². The van der Waals surface area contributed by atoms with Crippen molar-refractivity contribution >= 4 is 33.0 Å². The number of halogens is 2. The molecule has 0 saturated carbocycles. The van der Waals surface area contributed by atoms with E-state index in [2.05, 4.69) is 20.9 Å². The van der Waals surface area contributed by atoms with Gasteiger partial charge in [0.2, 0.25) is 0 Å². The molecule has 1 aromatic carbocycles. The van der Waals surface area contributed by atoms with Crippen molar-refractivity contribution in [2.75, 3.05) is 6.54 Å². The predicted octanol–water partition coefficient (Wildman–Crippen LogP) is 2.97. The van der Waals surface area contributed by atoms with Crippen LogP contribution in [0.5, 0.6) is 0 Å². The lowest BCUT2D eigenvalue weighted by Gasteiger charge is -2.03. The number of rotatable bonds is 5. The molecule has 3 nitrogen and oxygen atoms in total. The predicted molar refractivity (Wildman–Crippen MR) is 77.0 cm³/mol. The Morgan fingerprint density at radius 3 is 3.00 bits per heavy atom. The summed E-state index contributed by atoms with van der Waals surface area (Å²) in [5.74, 6) is -0.488. The number of hydrogen-bond donors (Lipinski definition) is 1. The Balaban J connectivity index is 2.14. The van der Waals surface area contributed by atoms with E-state index in [0.717, 1.165) is 5.01 Å². The number of carbonyl (C=O) groups is 1. The Bertz CT molecular complexity index is 600. The summed E-state index contributed by atoms with van der Waals surface area (Å²) in [4.78, 5) is 16.3. The molecule has 0 aliphatic carbocycles. The molecule has 0 aliphatic rings. The Kier molecular flexibility index (Phi) is 4.79. The van der Waals surface area contributed by atoms with Gasteiger partial charge in [-0.05, 0) is 34.1 Å². The molecule has 0 saturated heterocycles. The van der Waals surface area contributed by atoms with Crippen LogP contribution in [0.25, 0.3) is 0 Å². The van der Waals surface area contributed by atoms with Crippen molar-refractivity contribution in [1.82, 2.24) is 4.98 Å². The second kappa shape index (κ2) is 6.36. The zero-order valence-corrected chi connectivity index (χ0v) is 12.4. The second-order valence-electron chi connectivity index (χ2n) is 3.98. The number of benzene rings is 1. The molecule has 2 rings (SSSR count). The van der Waals surface area contributed by atoms with Crippen molar-refractivity contribution in [3.8, 4) is 0 Å². The highest BCUT2D eigenvalue weighted by atomic mass is 79.9. The highest BCUT2D eigenvalue weighted by Crippen LogP contribution is 2.22. The second-order valence-corrected chi connectivity index (χ2v) is 5.71. The van der Waals surface area contributed by atoms with Crippen LogP contribution in [0.3, 0.4) is 0 Å². The highest BCUT2D eigenvalue weighted by Gasteiger charge is 2.14. The number of aromatic nitrogens is 1. The molecule has 0 fully saturated rings. The van der Waals surface area contributed by atoms with Crippen LogP contribution in [0.1, 0.15) is 21.1 Å². The lowest BCUT2D eigenvalue weighted by atomic mass is 10.1. The largest absolute Gasteiger partial charge is 0.330 e. The SMILES string of the molecule is NCCc1nc(C(=O)Cc2cccc(F)c2Br)cs1. The monoisotopic (exact) mass is 342 g/mol. The molecule has 100 valence electrons. The molecule has 0 aliphatic heterocycles. The van der Waals surface area contributed by atoms with Gasteiger partial charge in [0, 0.05) is 18.2 Å². The third-order valence-corrected chi connectivity index (χ3v) is 4.37. The van der Waals surface area contributed by atoms with Gasteiger partial charge in [-0.3, -0.25) is 4.79 Å². The molecule has 2 aromatic rings. The van der Waals surface area contributed by atoms with E-state index in [1.807, 2.05) is 0 Å². The van der Waals surface area contributed by atoms with Crippen molar-refractivity contribution in [2.45, 2.75) is 12.8 Å². The third-order valence-electron chi connectivity index (χ3n) is 2.58. The normalized spacial score (nSPS) is 10.7. The summed E-state index contributed by atoms with van der Waals surface area (Å²) < 4.78 is 13.7. The molecule has 0 atom stereocenters. The van der Waals surface area contributed by atoms with E-state index in [0.29, 0.717) is 28.7 Å². The fourth-order valence-corrected chi connectivity index (χ4v) is 2.85. The summed E-state index contributed by atoms with van der Waals surface area (Å²) in [6.07, 6.45) is 0.797. The van der Waals surface area contributed by atoms with Crippen molar-refractivity contribution in [2.24, 2.45) is 5.73 Å². The van der Waals surface area contributed by atoms with Gasteiger partial charge in [-0.2, -0.15) is 0 Å². The number of ketones is 1. The van der Waals surface area contributed by atoms with Gasteiger partial charge in [0.15, 0.2) is 5.78 Å². The van der Waals surface area contributed by atoms with Crippen molar-refractivity contribution in [1.29, 1.82) is 0 Å². The van der Waals surface area contributed by atoms with E-state index in [-0.39, 0.29) is 18.0 Å². The molecule has 2 N–H and O–H groups in total. The minimum atomic E-state index is -0.368. The van der Waals surface area contributed by atoms with Crippen LogP contribution >= 0.6 is 27.3 Å². The minimum absolute atomic E-state index is 0.120. The fourth-order valence-electron chi connectivity index (χ4n) is 1.63. The van der Waals surface area contributed by atoms with Crippen molar-refractivity contribution < 1.29 is 9.18 Å². The van der Waals surface area contributed by atoms with Gasteiger partial charge in [-0.15, -0.1) is 11.3 Å². The van der Waals surface area contributed by atoms with Gasteiger partial charge in [-0.1, -0.05) is 12.1 Å². The maximum Gasteiger partial charge on any atom is 0.186 e. The number of thiazole rings is 1.